The second kappa shape index (κ2) is 6.41. The lowest BCUT2D eigenvalue weighted by molar-refractivity contribution is -0.119. The van der Waals surface area contributed by atoms with E-state index in [0.717, 1.165) is 32.4 Å². The molecular formula is C19H28N2O. The lowest BCUT2D eigenvalue weighted by atomic mass is 9.89. The van der Waals surface area contributed by atoms with Gasteiger partial charge in [-0.05, 0) is 45.0 Å². The minimum Gasteiger partial charge on any atom is -0.308 e. The molecule has 0 N–H and O–H groups in total. The molecule has 0 saturated carbocycles. The van der Waals surface area contributed by atoms with E-state index < -0.39 is 0 Å². The minimum absolute atomic E-state index is 0.329. The molecule has 1 aromatic rings. The Balaban J connectivity index is 1.88. The molecule has 2 aliphatic heterocycles. The maximum absolute atomic E-state index is 12.8. The van der Waals surface area contributed by atoms with E-state index in [2.05, 4.69) is 48.9 Å². The van der Waals surface area contributed by atoms with Gasteiger partial charge >= 0.3 is 0 Å². The number of aryl methyl sites for hydroxylation is 1. The van der Waals surface area contributed by atoms with Crippen molar-refractivity contribution in [3.8, 4) is 0 Å². The smallest absolute Gasteiger partial charge is 0.227 e. The Bertz CT molecular complexity index is 554. The van der Waals surface area contributed by atoms with Gasteiger partial charge in [0.2, 0.25) is 5.91 Å². The summed E-state index contributed by atoms with van der Waals surface area (Å²) in [5.41, 5.74) is 3.86. The van der Waals surface area contributed by atoms with Gasteiger partial charge in [0.05, 0.1) is 0 Å². The van der Waals surface area contributed by atoms with E-state index in [1.54, 1.807) is 0 Å². The van der Waals surface area contributed by atoms with Gasteiger partial charge in [-0.3, -0.25) is 4.79 Å². The van der Waals surface area contributed by atoms with Gasteiger partial charge in [-0.1, -0.05) is 37.5 Å². The van der Waals surface area contributed by atoms with Gasteiger partial charge in [0, 0.05) is 30.6 Å². The predicted molar refractivity (Wildman–Crippen MR) is 91.5 cm³/mol. The van der Waals surface area contributed by atoms with Crippen molar-refractivity contribution >= 4 is 11.6 Å². The number of anilines is 1. The number of amides is 1. The Hall–Kier alpha value is -1.35. The lowest BCUT2D eigenvalue weighted by Crippen LogP contribution is -2.47. The number of hydrogen-bond donors (Lipinski definition) is 0. The van der Waals surface area contributed by atoms with Gasteiger partial charge in [0.15, 0.2) is 0 Å². The van der Waals surface area contributed by atoms with E-state index in [4.69, 9.17) is 0 Å². The van der Waals surface area contributed by atoms with Crippen molar-refractivity contribution in [2.45, 2.75) is 57.9 Å². The highest BCUT2D eigenvalue weighted by atomic mass is 16.2. The van der Waals surface area contributed by atoms with Crippen molar-refractivity contribution in [1.29, 1.82) is 0 Å². The Labute approximate surface area is 134 Å². The molecule has 1 fully saturated rings. The van der Waals surface area contributed by atoms with E-state index in [0.29, 0.717) is 24.3 Å². The summed E-state index contributed by atoms with van der Waals surface area (Å²) in [6.07, 6.45) is 5.12. The van der Waals surface area contributed by atoms with Crippen LogP contribution in [0.15, 0.2) is 18.2 Å². The fourth-order valence-electron chi connectivity index (χ4n) is 4.05. The zero-order chi connectivity index (χ0) is 15.7. The van der Waals surface area contributed by atoms with Crippen LogP contribution >= 0.6 is 0 Å². The van der Waals surface area contributed by atoms with Crippen molar-refractivity contribution in [2.24, 2.45) is 0 Å². The lowest BCUT2D eigenvalue weighted by Gasteiger charge is -2.36. The fourth-order valence-corrected chi connectivity index (χ4v) is 4.05. The number of rotatable bonds is 4. The number of fused-ring (bicyclic) bond motifs is 3. The largest absolute Gasteiger partial charge is 0.308 e. The summed E-state index contributed by atoms with van der Waals surface area (Å²) in [5.74, 6) is 0.819. The Kier molecular flexibility index (Phi) is 4.53. The SMILES string of the molecule is CCCCCC(=O)N1c2ccc(C)cc2[C@@H]2CN(C)CC[C@@H]21. The first-order chi connectivity index (χ1) is 10.6. The number of piperidine rings is 1. The number of likely N-dealkylation sites (tertiary alicyclic amines) is 1. The van der Waals surface area contributed by atoms with Gasteiger partial charge in [-0.15, -0.1) is 0 Å². The molecule has 2 heterocycles. The average Bonchev–Trinajstić information content (AvgIpc) is 2.80. The van der Waals surface area contributed by atoms with Crippen LogP contribution in [0.5, 0.6) is 0 Å². The third kappa shape index (κ3) is 2.79. The first-order valence-electron chi connectivity index (χ1n) is 8.73. The molecule has 0 radical (unpaired) electrons. The van der Waals surface area contributed by atoms with Crippen LogP contribution in [0.3, 0.4) is 0 Å². The Morgan fingerprint density at radius 3 is 2.91 bits per heavy atom. The first-order valence-corrected chi connectivity index (χ1v) is 8.73. The summed E-state index contributed by atoms with van der Waals surface area (Å²) in [4.78, 5) is 17.4. The number of carbonyl (C=O) groups is 1. The van der Waals surface area contributed by atoms with Gasteiger partial charge in [0.25, 0.3) is 0 Å². The van der Waals surface area contributed by atoms with Crippen LogP contribution in [0.25, 0.3) is 0 Å². The molecule has 1 saturated heterocycles. The maximum atomic E-state index is 12.8. The number of carbonyl (C=O) groups excluding carboxylic acids is 1. The zero-order valence-corrected chi connectivity index (χ0v) is 14.1. The zero-order valence-electron chi connectivity index (χ0n) is 14.1. The van der Waals surface area contributed by atoms with Crippen LogP contribution < -0.4 is 4.90 Å². The van der Waals surface area contributed by atoms with Crippen LogP contribution in [-0.2, 0) is 4.79 Å². The highest BCUT2D eigenvalue weighted by Gasteiger charge is 2.43. The molecule has 1 aromatic carbocycles. The molecule has 3 nitrogen and oxygen atoms in total. The standard InChI is InChI=1S/C19H28N2O/c1-4-5-6-7-19(22)21-17-9-8-14(2)12-15(17)16-13-20(3)11-10-18(16)21/h8-9,12,16,18H,4-7,10-11,13H2,1-3H3/t16-,18-/m0/s1. The van der Waals surface area contributed by atoms with Crippen LogP contribution in [0.2, 0.25) is 0 Å². The van der Waals surface area contributed by atoms with E-state index in [9.17, 15) is 4.79 Å². The molecule has 2 atom stereocenters. The second-order valence-electron chi connectivity index (χ2n) is 7.01. The molecule has 0 aromatic heterocycles. The number of hydrogen-bond acceptors (Lipinski definition) is 2. The van der Waals surface area contributed by atoms with E-state index in [1.165, 1.54) is 23.2 Å². The summed E-state index contributed by atoms with van der Waals surface area (Å²) in [5, 5.41) is 0. The van der Waals surface area contributed by atoms with Crippen molar-refractivity contribution in [3.63, 3.8) is 0 Å². The number of benzene rings is 1. The summed E-state index contributed by atoms with van der Waals surface area (Å²) < 4.78 is 0. The highest BCUT2D eigenvalue weighted by Crippen LogP contribution is 2.45. The molecule has 22 heavy (non-hydrogen) atoms. The third-order valence-corrected chi connectivity index (χ3v) is 5.22. The molecule has 0 bridgehead atoms. The summed E-state index contributed by atoms with van der Waals surface area (Å²) in [6, 6.07) is 6.99. The topological polar surface area (TPSA) is 23.6 Å². The Morgan fingerprint density at radius 1 is 1.32 bits per heavy atom. The molecule has 0 aliphatic carbocycles. The molecule has 3 rings (SSSR count). The van der Waals surface area contributed by atoms with Gasteiger partial charge in [-0.25, -0.2) is 0 Å². The van der Waals surface area contributed by atoms with Crippen molar-refractivity contribution < 1.29 is 4.79 Å². The van der Waals surface area contributed by atoms with Crippen LogP contribution in [-0.4, -0.2) is 37.0 Å². The van der Waals surface area contributed by atoms with Crippen LogP contribution in [0.4, 0.5) is 5.69 Å². The van der Waals surface area contributed by atoms with Crippen LogP contribution in [0, 0.1) is 6.92 Å². The molecule has 1 amide bonds. The normalized spacial score (nSPS) is 24.2. The van der Waals surface area contributed by atoms with E-state index in [1.807, 2.05) is 0 Å². The number of unbranched alkanes of at least 4 members (excludes halogenated alkanes) is 2. The van der Waals surface area contributed by atoms with Gasteiger partial charge in [0.1, 0.15) is 0 Å². The average molecular weight is 300 g/mol. The monoisotopic (exact) mass is 300 g/mol. The minimum atomic E-state index is 0.329. The van der Waals surface area contributed by atoms with Crippen molar-refractivity contribution in [3.05, 3.63) is 29.3 Å². The number of nitrogens with zero attached hydrogens (tertiary/aromatic N) is 2. The summed E-state index contributed by atoms with van der Waals surface area (Å²) in [7, 11) is 2.19. The van der Waals surface area contributed by atoms with Crippen molar-refractivity contribution in [2.75, 3.05) is 25.0 Å². The molecule has 2 aliphatic rings. The first kappa shape index (κ1) is 15.5. The summed E-state index contributed by atoms with van der Waals surface area (Å²) >= 11 is 0. The fraction of sp³-hybridized carbons (Fsp3) is 0.632. The molecule has 0 spiro atoms. The van der Waals surface area contributed by atoms with Gasteiger partial charge < -0.3 is 9.80 Å². The predicted octanol–water partition coefficient (Wildman–Crippen LogP) is 3.71. The molecule has 3 heteroatoms. The molecular weight excluding hydrogens is 272 g/mol. The maximum Gasteiger partial charge on any atom is 0.227 e. The van der Waals surface area contributed by atoms with Crippen LogP contribution in [0.1, 0.15) is 56.1 Å². The highest BCUT2D eigenvalue weighted by molar-refractivity contribution is 5.96. The third-order valence-electron chi connectivity index (χ3n) is 5.22. The van der Waals surface area contributed by atoms with Crippen molar-refractivity contribution in [1.82, 2.24) is 4.90 Å². The number of likely N-dealkylation sites (N-methyl/N-ethyl adjacent to an activating group) is 1. The van der Waals surface area contributed by atoms with E-state index >= 15 is 0 Å². The quantitative estimate of drug-likeness (QED) is 0.791. The van der Waals surface area contributed by atoms with Gasteiger partial charge in [-0.2, -0.15) is 0 Å². The van der Waals surface area contributed by atoms with E-state index in [-0.39, 0.29) is 0 Å². The summed E-state index contributed by atoms with van der Waals surface area (Å²) in [6.45, 7) is 6.49. The molecule has 120 valence electrons. The second-order valence-corrected chi connectivity index (χ2v) is 7.01. The Morgan fingerprint density at radius 2 is 2.14 bits per heavy atom. The molecule has 0 unspecified atom stereocenters.